The van der Waals surface area contributed by atoms with Crippen molar-refractivity contribution in [3.05, 3.63) is 52.5 Å². The van der Waals surface area contributed by atoms with Crippen LogP contribution in [0.25, 0.3) is 0 Å². The van der Waals surface area contributed by atoms with E-state index in [2.05, 4.69) is 24.5 Å². The van der Waals surface area contributed by atoms with Gasteiger partial charge in [-0.2, -0.15) is 0 Å². The van der Waals surface area contributed by atoms with Crippen molar-refractivity contribution in [2.75, 3.05) is 23.8 Å². The second-order valence-electron chi connectivity index (χ2n) is 6.06. The van der Waals surface area contributed by atoms with Crippen molar-refractivity contribution in [1.29, 1.82) is 0 Å². The fourth-order valence-electron chi connectivity index (χ4n) is 2.07. The first-order chi connectivity index (χ1) is 12.0. The lowest BCUT2D eigenvalue weighted by molar-refractivity contribution is -0.114. The Morgan fingerprint density at radius 3 is 2.52 bits per heavy atom. The quantitative estimate of drug-likeness (QED) is 0.638. The molecule has 4 nitrogen and oxygen atoms in total. The van der Waals surface area contributed by atoms with Crippen molar-refractivity contribution >= 4 is 40.5 Å². The first-order valence-corrected chi connectivity index (χ1v) is 8.92. The van der Waals surface area contributed by atoms with Crippen LogP contribution in [0.4, 0.5) is 11.4 Å². The van der Waals surface area contributed by atoms with Gasteiger partial charge in [-0.25, -0.2) is 0 Å². The number of carbonyl (C=O) groups excluding carboxylic acids is 1. The highest BCUT2D eigenvalue weighted by atomic mass is 35.5. The highest BCUT2D eigenvalue weighted by molar-refractivity contribution is 6.43. The number of hydrogen-bond donors (Lipinski definition) is 2. The van der Waals surface area contributed by atoms with Crippen LogP contribution in [0.3, 0.4) is 0 Å². The predicted molar refractivity (Wildman–Crippen MR) is 105 cm³/mol. The van der Waals surface area contributed by atoms with E-state index in [1.807, 2.05) is 24.3 Å². The molecule has 0 aliphatic heterocycles. The third-order valence-electron chi connectivity index (χ3n) is 3.49. The van der Waals surface area contributed by atoms with Gasteiger partial charge in [0.05, 0.1) is 28.9 Å². The van der Waals surface area contributed by atoms with E-state index in [0.29, 0.717) is 33.9 Å². The van der Waals surface area contributed by atoms with E-state index >= 15 is 0 Å². The van der Waals surface area contributed by atoms with Gasteiger partial charge < -0.3 is 15.4 Å². The summed E-state index contributed by atoms with van der Waals surface area (Å²) < 4.78 is 5.65. The zero-order chi connectivity index (χ0) is 18.2. The molecule has 0 aliphatic carbocycles. The van der Waals surface area contributed by atoms with Crippen molar-refractivity contribution in [1.82, 2.24) is 0 Å². The number of nitrogens with one attached hydrogen (secondary N) is 2. The zero-order valence-electron chi connectivity index (χ0n) is 14.3. The van der Waals surface area contributed by atoms with E-state index in [1.54, 1.807) is 18.2 Å². The normalized spacial score (nSPS) is 10.6. The van der Waals surface area contributed by atoms with Crippen LogP contribution in [0.5, 0.6) is 5.75 Å². The molecule has 2 aromatic rings. The SMILES string of the molecule is CC(C)CCOc1ccc(NC(=O)CNc2cccc(Cl)c2Cl)cc1. The number of ether oxygens (including phenoxy) is 1. The van der Waals surface area contributed by atoms with Crippen molar-refractivity contribution < 1.29 is 9.53 Å². The summed E-state index contributed by atoms with van der Waals surface area (Å²) in [6, 6.07) is 12.6. The summed E-state index contributed by atoms with van der Waals surface area (Å²) in [5, 5.41) is 6.63. The Morgan fingerprint density at radius 1 is 1.12 bits per heavy atom. The molecule has 6 heteroatoms. The molecule has 0 saturated heterocycles. The minimum atomic E-state index is -0.176. The van der Waals surface area contributed by atoms with E-state index < -0.39 is 0 Å². The third kappa shape index (κ3) is 6.48. The van der Waals surface area contributed by atoms with Gasteiger partial charge in [-0.3, -0.25) is 4.79 Å². The van der Waals surface area contributed by atoms with Crippen LogP contribution in [-0.4, -0.2) is 19.1 Å². The topological polar surface area (TPSA) is 50.4 Å². The van der Waals surface area contributed by atoms with Crippen molar-refractivity contribution in [3.63, 3.8) is 0 Å². The zero-order valence-corrected chi connectivity index (χ0v) is 15.8. The number of amides is 1. The Balaban J connectivity index is 1.81. The second kappa shape index (κ2) is 9.54. The molecule has 0 aliphatic rings. The molecule has 0 unspecified atom stereocenters. The molecule has 0 heterocycles. The molecule has 0 spiro atoms. The molecular weight excluding hydrogens is 359 g/mol. The number of carbonyl (C=O) groups is 1. The summed E-state index contributed by atoms with van der Waals surface area (Å²) >= 11 is 12.0. The van der Waals surface area contributed by atoms with E-state index in [-0.39, 0.29) is 12.5 Å². The fourth-order valence-corrected chi connectivity index (χ4v) is 2.44. The first-order valence-electron chi connectivity index (χ1n) is 8.16. The number of benzene rings is 2. The average Bonchev–Trinajstić information content (AvgIpc) is 2.57. The molecule has 0 aromatic heterocycles. The minimum absolute atomic E-state index is 0.0900. The molecule has 0 atom stereocenters. The van der Waals surface area contributed by atoms with Crippen LogP contribution >= 0.6 is 23.2 Å². The molecule has 0 radical (unpaired) electrons. The smallest absolute Gasteiger partial charge is 0.243 e. The van der Waals surface area contributed by atoms with Gasteiger partial charge in [0, 0.05) is 5.69 Å². The lowest BCUT2D eigenvalue weighted by atomic mass is 10.1. The van der Waals surface area contributed by atoms with Gasteiger partial charge >= 0.3 is 0 Å². The van der Waals surface area contributed by atoms with Gasteiger partial charge in [-0.05, 0) is 48.7 Å². The van der Waals surface area contributed by atoms with E-state index in [9.17, 15) is 4.79 Å². The molecule has 0 saturated carbocycles. The largest absolute Gasteiger partial charge is 0.494 e. The van der Waals surface area contributed by atoms with Gasteiger partial charge in [0.1, 0.15) is 5.75 Å². The monoisotopic (exact) mass is 380 g/mol. The summed E-state index contributed by atoms with van der Waals surface area (Å²) in [4.78, 5) is 12.0. The molecule has 25 heavy (non-hydrogen) atoms. The maximum absolute atomic E-state index is 12.0. The molecule has 2 rings (SSSR count). The van der Waals surface area contributed by atoms with Crippen LogP contribution in [-0.2, 0) is 4.79 Å². The molecule has 0 fully saturated rings. The number of anilines is 2. The molecule has 1 amide bonds. The van der Waals surface area contributed by atoms with E-state index in [4.69, 9.17) is 27.9 Å². The van der Waals surface area contributed by atoms with Gasteiger partial charge in [0.25, 0.3) is 0 Å². The third-order valence-corrected chi connectivity index (χ3v) is 4.31. The Bertz CT molecular complexity index is 703. The summed E-state index contributed by atoms with van der Waals surface area (Å²) in [5.74, 6) is 1.23. The predicted octanol–water partition coefficient (Wildman–Crippen LogP) is 5.47. The summed E-state index contributed by atoms with van der Waals surface area (Å²) in [7, 11) is 0. The minimum Gasteiger partial charge on any atom is -0.494 e. The lowest BCUT2D eigenvalue weighted by Gasteiger charge is -2.11. The first kappa shape index (κ1) is 19.4. The summed E-state index contributed by atoms with van der Waals surface area (Å²) in [5.41, 5.74) is 1.33. The molecule has 0 bridgehead atoms. The number of halogens is 2. The van der Waals surface area contributed by atoms with Gasteiger partial charge in [0.15, 0.2) is 0 Å². The number of rotatable bonds is 8. The number of hydrogen-bond acceptors (Lipinski definition) is 3. The molecular formula is C19H22Cl2N2O2. The summed E-state index contributed by atoms with van der Waals surface area (Å²) in [6.45, 7) is 5.10. The van der Waals surface area contributed by atoms with Crippen molar-refractivity contribution in [2.24, 2.45) is 5.92 Å². The highest BCUT2D eigenvalue weighted by Crippen LogP contribution is 2.29. The average molecular weight is 381 g/mol. The maximum atomic E-state index is 12.0. The molecule has 134 valence electrons. The molecule has 2 aromatic carbocycles. The molecule has 2 N–H and O–H groups in total. The fraction of sp³-hybridized carbons (Fsp3) is 0.316. The van der Waals surface area contributed by atoms with Crippen molar-refractivity contribution in [3.8, 4) is 5.75 Å². The van der Waals surface area contributed by atoms with Crippen LogP contribution in [0.1, 0.15) is 20.3 Å². The van der Waals surface area contributed by atoms with Crippen LogP contribution < -0.4 is 15.4 Å². The van der Waals surface area contributed by atoms with Gasteiger partial charge in [-0.1, -0.05) is 43.1 Å². The van der Waals surface area contributed by atoms with Crippen LogP contribution in [0, 0.1) is 5.92 Å². The summed E-state index contributed by atoms with van der Waals surface area (Å²) in [6.07, 6.45) is 1.01. The van der Waals surface area contributed by atoms with E-state index in [1.165, 1.54) is 0 Å². The van der Waals surface area contributed by atoms with Crippen LogP contribution in [0.2, 0.25) is 10.0 Å². The van der Waals surface area contributed by atoms with Gasteiger partial charge in [0.2, 0.25) is 5.91 Å². The highest BCUT2D eigenvalue weighted by Gasteiger charge is 2.07. The van der Waals surface area contributed by atoms with Crippen LogP contribution in [0.15, 0.2) is 42.5 Å². The standard InChI is InChI=1S/C19H22Cl2N2O2/c1-13(2)10-11-25-15-8-6-14(7-9-15)23-18(24)12-22-17-5-3-4-16(20)19(17)21/h3-9,13,22H,10-12H2,1-2H3,(H,23,24). The Hall–Kier alpha value is -1.91. The maximum Gasteiger partial charge on any atom is 0.243 e. The second-order valence-corrected chi connectivity index (χ2v) is 6.84. The Morgan fingerprint density at radius 2 is 1.84 bits per heavy atom. The Kier molecular flexibility index (Phi) is 7.41. The van der Waals surface area contributed by atoms with Gasteiger partial charge in [-0.15, -0.1) is 0 Å². The Labute approximate surface area is 158 Å². The van der Waals surface area contributed by atoms with E-state index in [0.717, 1.165) is 12.2 Å². The lowest BCUT2D eigenvalue weighted by Crippen LogP contribution is -2.21. The van der Waals surface area contributed by atoms with Crippen molar-refractivity contribution in [2.45, 2.75) is 20.3 Å².